The zero-order valence-corrected chi connectivity index (χ0v) is 14.7. The summed E-state index contributed by atoms with van der Waals surface area (Å²) in [6.07, 6.45) is 1.83. The number of anilines is 1. The number of hydrogen-bond donors (Lipinski definition) is 0. The van der Waals surface area contributed by atoms with Crippen LogP contribution in [0.2, 0.25) is 5.02 Å². The maximum Gasteiger partial charge on any atom is 0.148 e. The van der Waals surface area contributed by atoms with Crippen molar-refractivity contribution in [3.8, 4) is 16.9 Å². The fourth-order valence-electron chi connectivity index (χ4n) is 2.97. The molecule has 0 unspecified atom stereocenters. The number of nitrogens with zero attached hydrogens (tertiary/aromatic N) is 3. The van der Waals surface area contributed by atoms with E-state index < -0.39 is 0 Å². The summed E-state index contributed by atoms with van der Waals surface area (Å²) in [7, 11) is 1.65. The molecule has 2 heterocycles. The van der Waals surface area contributed by atoms with E-state index in [1.54, 1.807) is 7.11 Å². The number of aromatic nitrogens is 2. The predicted octanol–water partition coefficient (Wildman–Crippen LogP) is 3.80. The van der Waals surface area contributed by atoms with Gasteiger partial charge in [0.15, 0.2) is 0 Å². The molecule has 4 rings (SSSR count). The molecule has 0 radical (unpaired) electrons. The van der Waals surface area contributed by atoms with E-state index in [4.69, 9.17) is 26.1 Å². The Hall–Kier alpha value is -2.37. The number of methoxy groups -OCH3 is 1. The molecule has 25 heavy (non-hydrogen) atoms. The Bertz CT molecular complexity index is 910. The fourth-order valence-corrected chi connectivity index (χ4v) is 3.19. The monoisotopic (exact) mass is 355 g/mol. The minimum atomic E-state index is 0.678. The van der Waals surface area contributed by atoms with Crippen molar-refractivity contribution in [2.75, 3.05) is 38.3 Å². The summed E-state index contributed by atoms with van der Waals surface area (Å²) in [5.74, 6) is 1.65. The molecule has 1 saturated heterocycles. The van der Waals surface area contributed by atoms with Crippen molar-refractivity contribution < 1.29 is 9.47 Å². The third-order valence-corrected chi connectivity index (χ3v) is 4.68. The summed E-state index contributed by atoms with van der Waals surface area (Å²) in [6, 6.07) is 11.6. The van der Waals surface area contributed by atoms with Crippen LogP contribution in [0.25, 0.3) is 22.2 Å². The first kappa shape index (κ1) is 16.1. The van der Waals surface area contributed by atoms with Crippen LogP contribution in [0.4, 0.5) is 5.82 Å². The van der Waals surface area contributed by atoms with E-state index in [0.29, 0.717) is 5.02 Å². The first-order valence-electron chi connectivity index (χ1n) is 8.18. The molecule has 0 atom stereocenters. The summed E-state index contributed by atoms with van der Waals surface area (Å²) in [6.45, 7) is 3.11. The highest BCUT2D eigenvalue weighted by Crippen LogP contribution is 2.33. The number of benzene rings is 2. The van der Waals surface area contributed by atoms with Crippen LogP contribution in [0.15, 0.2) is 42.6 Å². The highest BCUT2D eigenvalue weighted by atomic mass is 35.5. The molecular weight excluding hydrogens is 338 g/mol. The zero-order chi connectivity index (χ0) is 17.2. The third kappa shape index (κ3) is 3.25. The molecule has 128 valence electrons. The minimum absolute atomic E-state index is 0.678. The van der Waals surface area contributed by atoms with Gasteiger partial charge in [0, 0.05) is 23.7 Å². The van der Waals surface area contributed by atoms with Crippen molar-refractivity contribution in [2.24, 2.45) is 0 Å². The van der Waals surface area contributed by atoms with Gasteiger partial charge in [0.2, 0.25) is 0 Å². The largest absolute Gasteiger partial charge is 0.497 e. The second kappa shape index (κ2) is 6.86. The molecule has 0 amide bonds. The summed E-state index contributed by atoms with van der Waals surface area (Å²) in [5.41, 5.74) is 3.62. The van der Waals surface area contributed by atoms with Crippen molar-refractivity contribution >= 4 is 28.5 Å². The standard InChI is InChI=1S/C19H18ClN3O2/c1-24-14-3-4-16(20)15(11-14)13-2-5-17-18(10-13)22-19(12-21-17)23-6-8-25-9-7-23/h2-5,10-12H,6-9H2,1H3. The molecule has 1 aliphatic rings. The van der Waals surface area contributed by atoms with Gasteiger partial charge in [-0.15, -0.1) is 0 Å². The second-order valence-corrected chi connectivity index (χ2v) is 6.28. The van der Waals surface area contributed by atoms with E-state index >= 15 is 0 Å². The van der Waals surface area contributed by atoms with Crippen molar-refractivity contribution in [3.63, 3.8) is 0 Å². The van der Waals surface area contributed by atoms with E-state index in [9.17, 15) is 0 Å². The summed E-state index contributed by atoms with van der Waals surface area (Å²) < 4.78 is 10.7. The Morgan fingerprint density at radius 1 is 1.08 bits per heavy atom. The van der Waals surface area contributed by atoms with Crippen LogP contribution in [0.1, 0.15) is 0 Å². The maximum atomic E-state index is 6.38. The van der Waals surface area contributed by atoms with Gasteiger partial charge in [0.1, 0.15) is 11.6 Å². The highest BCUT2D eigenvalue weighted by molar-refractivity contribution is 6.33. The number of halogens is 1. The van der Waals surface area contributed by atoms with Gasteiger partial charge in [-0.25, -0.2) is 4.98 Å². The lowest BCUT2D eigenvalue weighted by molar-refractivity contribution is 0.122. The normalized spacial score (nSPS) is 14.7. The van der Waals surface area contributed by atoms with Crippen LogP contribution >= 0.6 is 11.6 Å². The van der Waals surface area contributed by atoms with Crippen LogP contribution in [0.3, 0.4) is 0 Å². The van der Waals surface area contributed by atoms with E-state index in [-0.39, 0.29) is 0 Å². The van der Waals surface area contributed by atoms with Crippen molar-refractivity contribution in [2.45, 2.75) is 0 Å². The maximum absolute atomic E-state index is 6.38. The molecule has 1 fully saturated rings. The Labute approximate surface area is 151 Å². The van der Waals surface area contributed by atoms with E-state index in [0.717, 1.165) is 60.0 Å². The summed E-state index contributed by atoms with van der Waals surface area (Å²) in [4.78, 5) is 11.5. The van der Waals surface area contributed by atoms with Gasteiger partial charge in [0.05, 0.1) is 37.6 Å². The lowest BCUT2D eigenvalue weighted by Gasteiger charge is -2.27. The van der Waals surface area contributed by atoms with Gasteiger partial charge in [-0.05, 0) is 35.9 Å². The molecule has 5 nitrogen and oxygen atoms in total. The molecule has 1 aliphatic heterocycles. The third-order valence-electron chi connectivity index (χ3n) is 4.35. The first-order valence-corrected chi connectivity index (χ1v) is 8.56. The highest BCUT2D eigenvalue weighted by Gasteiger charge is 2.14. The zero-order valence-electron chi connectivity index (χ0n) is 13.9. The minimum Gasteiger partial charge on any atom is -0.497 e. The summed E-state index contributed by atoms with van der Waals surface area (Å²) >= 11 is 6.38. The van der Waals surface area contributed by atoms with Crippen molar-refractivity contribution in [3.05, 3.63) is 47.6 Å². The molecular formula is C19H18ClN3O2. The molecule has 3 aromatic rings. The number of fused-ring (bicyclic) bond motifs is 1. The lowest BCUT2D eigenvalue weighted by atomic mass is 10.0. The van der Waals surface area contributed by atoms with Gasteiger partial charge in [-0.1, -0.05) is 17.7 Å². The Kier molecular flexibility index (Phi) is 4.42. The quantitative estimate of drug-likeness (QED) is 0.715. The second-order valence-electron chi connectivity index (χ2n) is 5.88. The SMILES string of the molecule is COc1ccc(Cl)c(-c2ccc3ncc(N4CCOCC4)nc3c2)c1. The van der Waals surface area contributed by atoms with Crippen LogP contribution in [0.5, 0.6) is 5.75 Å². The van der Waals surface area contributed by atoms with Gasteiger partial charge in [-0.3, -0.25) is 4.98 Å². The van der Waals surface area contributed by atoms with Crippen LogP contribution < -0.4 is 9.64 Å². The number of hydrogen-bond acceptors (Lipinski definition) is 5. The predicted molar refractivity (Wildman–Crippen MR) is 99.6 cm³/mol. The van der Waals surface area contributed by atoms with Crippen molar-refractivity contribution in [1.29, 1.82) is 0 Å². The Balaban J connectivity index is 1.76. The number of ether oxygens (including phenoxy) is 2. The molecule has 0 spiro atoms. The van der Waals surface area contributed by atoms with Crippen LogP contribution in [-0.2, 0) is 4.74 Å². The average molecular weight is 356 g/mol. The Morgan fingerprint density at radius 3 is 2.72 bits per heavy atom. The molecule has 0 N–H and O–H groups in total. The molecule has 0 bridgehead atoms. The Morgan fingerprint density at radius 2 is 1.92 bits per heavy atom. The van der Waals surface area contributed by atoms with E-state index in [1.807, 2.05) is 42.6 Å². The van der Waals surface area contributed by atoms with E-state index in [1.165, 1.54) is 0 Å². The first-order chi connectivity index (χ1) is 12.2. The molecule has 1 aromatic heterocycles. The average Bonchev–Trinajstić information content (AvgIpc) is 2.68. The molecule has 6 heteroatoms. The van der Waals surface area contributed by atoms with Crippen LogP contribution in [-0.4, -0.2) is 43.4 Å². The topological polar surface area (TPSA) is 47.5 Å². The van der Waals surface area contributed by atoms with Gasteiger partial charge in [0.25, 0.3) is 0 Å². The summed E-state index contributed by atoms with van der Waals surface area (Å²) in [5, 5.41) is 0.678. The van der Waals surface area contributed by atoms with Crippen LogP contribution in [0, 0.1) is 0 Å². The van der Waals surface area contributed by atoms with Gasteiger partial charge in [-0.2, -0.15) is 0 Å². The van der Waals surface area contributed by atoms with E-state index in [2.05, 4.69) is 9.88 Å². The molecule has 2 aromatic carbocycles. The lowest BCUT2D eigenvalue weighted by Crippen LogP contribution is -2.36. The molecule has 0 saturated carbocycles. The van der Waals surface area contributed by atoms with Gasteiger partial charge >= 0.3 is 0 Å². The smallest absolute Gasteiger partial charge is 0.148 e. The van der Waals surface area contributed by atoms with Gasteiger partial charge < -0.3 is 14.4 Å². The number of rotatable bonds is 3. The number of morpholine rings is 1. The van der Waals surface area contributed by atoms with Crippen molar-refractivity contribution in [1.82, 2.24) is 9.97 Å². The fraction of sp³-hybridized carbons (Fsp3) is 0.263. The molecule has 0 aliphatic carbocycles.